The van der Waals surface area contributed by atoms with Gasteiger partial charge in [0, 0.05) is 38.4 Å². The van der Waals surface area contributed by atoms with Crippen molar-refractivity contribution in [2.45, 2.75) is 13.0 Å². The zero-order valence-electron chi connectivity index (χ0n) is 13.5. The molecule has 1 N–H and O–H groups in total. The molecule has 0 saturated carbocycles. The lowest BCUT2D eigenvalue weighted by molar-refractivity contribution is -0.126. The number of nitrogens with zero attached hydrogens (tertiary/aromatic N) is 4. The first-order valence-corrected chi connectivity index (χ1v) is 7.63. The van der Waals surface area contributed by atoms with E-state index in [1.165, 1.54) is 0 Å². The second kappa shape index (κ2) is 8.05. The number of carbonyl (C=O) groups excluding carboxylic acids is 1. The molecule has 1 fully saturated rings. The van der Waals surface area contributed by atoms with Gasteiger partial charge in [0.2, 0.25) is 5.91 Å². The van der Waals surface area contributed by atoms with E-state index in [0.29, 0.717) is 12.5 Å². The van der Waals surface area contributed by atoms with Gasteiger partial charge in [-0.1, -0.05) is 0 Å². The minimum atomic E-state index is -0.0554. The van der Waals surface area contributed by atoms with Gasteiger partial charge in [0.05, 0.1) is 6.04 Å². The van der Waals surface area contributed by atoms with E-state index in [0.717, 1.165) is 25.5 Å². The fraction of sp³-hybridized carbons (Fsp3) is 0.667. The largest absolute Gasteiger partial charge is 0.372 e. The van der Waals surface area contributed by atoms with Crippen LogP contribution in [-0.2, 0) is 9.53 Å². The van der Waals surface area contributed by atoms with Crippen LogP contribution in [0.2, 0.25) is 0 Å². The van der Waals surface area contributed by atoms with Gasteiger partial charge in [-0.3, -0.25) is 4.79 Å². The van der Waals surface area contributed by atoms with Crippen molar-refractivity contribution in [2.75, 3.05) is 51.8 Å². The molecule has 0 unspecified atom stereocenters. The third-order valence-electron chi connectivity index (χ3n) is 3.71. The van der Waals surface area contributed by atoms with Crippen LogP contribution < -0.4 is 10.2 Å². The lowest BCUT2D eigenvalue weighted by Gasteiger charge is -2.22. The SMILES string of the molecule is CCOCC(=O)N[C@@H]1CN(c2ccncn2)C[C@H]1CN(C)C. The molecule has 2 heterocycles. The molecular formula is C15H25N5O2. The average Bonchev–Trinajstić information content (AvgIpc) is 2.88. The van der Waals surface area contributed by atoms with Gasteiger partial charge in [0.15, 0.2) is 0 Å². The minimum absolute atomic E-state index is 0.0554. The number of carbonyl (C=O) groups is 1. The summed E-state index contributed by atoms with van der Waals surface area (Å²) >= 11 is 0. The normalized spacial score (nSPS) is 21.4. The topological polar surface area (TPSA) is 70.6 Å². The molecule has 0 bridgehead atoms. The Bertz CT molecular complexity index is 468. The van der Waals surface area contributed by atoms with Crippen LogP contribution >= 0.6 is 0 Å². The van der Waals surface area contributed by atoms with E-state index >= 15 is 0 Å². The molecule has 0 radical (unpaired) electrons. The van der Waals surface area contributed by atoms with Gasteiger partial charge >= 0.3 is 0 Å². The number of rotatable bonds is 7. The standard InChI is InChI=1S/C15H25N5O2/c1-4-22-10-15(21)18-13-9-20(8-12(13)7-19(2)3)14-5-6-16-11-17-14/h5-6,11-13H,4,7-10H2,1-3H3,(H,18,21)/t12-,13-/m1/s1. The first kappa shape index (κ1) is 16.6. The van der Waals surface area contributed by atoms with Crippen LogP contribution in [-0.4, -0.2) is 73.8 Å². The predicted octanol–water partition coefficient (Wildman–Crippen LogP) is -0.00430. The van der Waals surface area contributed by atoms with Gasteiger partial charge in [0.25, 0.3) is 0 Å². The monoisotopic (exact) mass is 307 g/mol. The van der Waals surface area contributed by atoms with Crippen LogP contribution in [0.4, 0.5) is 5.82 Å². The number of amides is 1. The summed E-state index contributed by atoms with van der Waals surface area (Å²) < 4.78 is 5.18. The first-order valence-electron chi connectivity index (χ1n) is 7.63. The third kappa shape index (κ3) is 4.64. The molecule has 1 saturated heterocycles. The Morgan fingerprint density at radius 2 is 2.32 bits per heavy atom. The second-order valence-electron chi connectivity index (χ2n) is 5.81. The molecule has 2 rings (SSSR count). The van der Waals surface area contributed by atoms with E-state index in [-0.39, 0.29) is 18.6 Å². The Morgan fingerprint density at radius 3 is 2.95 bits per heavy atom. The van der Waals surface area contributed by atoms with Gasteiger partial charge in [-0.15, -0.1) is 0 Å². The number of hydrogen-bond donors (Lipinski definition) is 1. The number of anilines is 1. The van der Waals surface area contributed by atoms with Gasteiger partial charge in [-0.05, 0) is 27.1 Å². The predicted molar refractivity (Wildman–Crippen MR) is 84.7 cm³/mol. The van der Waals surface area contributed by atoms with Crippen LogP contribution in [0, 0.1) is 5.92 Å². The Morgan fingerprint density at radius 1 is 1.50 bits per heavy atom. The van der Waals surface area contributed by atoms with Gasteiger partial charge in [-0.25, -0.2) is 9.97 Å². The van der Waals surface area contributed by atoms with Crippen LogP contribution in [0.25, 0.3) is 0 Å². The molecule has 7 nitrogen and oxygen atoms in total. The van der Waals surface area contributed by atoms with E-state index in [2.05, 4.69) is 25.1 Å². The molecule has 0 aliphatic carbocycles. The van der Waals surface area contributed by atoms with Crippen LogP contribution in [0.3, 0.4) is 0 Å². The lowest BCUT2D eigenvalue weighted by atomic mass is 10.0. The van der Waals surface area contributed by atoms with Gasteiger partial charge in [-0.2, -0.15) is 0 Å². The van der Waals surface area contributed by atoms with E-state index in [9.17, 15) is 4.79 Å². The quantitative estimate of drug-likeness (QED) is 0.764. The Kier molecular flexibility index (Phi) is 6.09. The van der Waals surface area contributed by atoms with Gasteiger partial charge in [0.1, 0.15) is 18.8 Å². The molecule has 7 heteroatoms. The van der Waals surface area contributed by atoms with Crippen LogP contribution in [0.1, 0.15) is 6.92 Å². The summed E-state index contributed by atoms with van der Waals surface area (Å²) in [4.78, 5) is 24.5. The number of hydrogen-bond acceptors (Lipinski definition) is 6. The van der Waals surface area contributed by atoms with E-state index in [1.54, 1.807) is 12.5 Å². The van der Waals surface area contributed by atoms with Crippen LogP contribution in [0.15, 0.2) is 18.6 Å². The summed E-state index contributed by atoms with van der Waals surface area (Å²) in [5, 5.41) is 3.09. The highest BCUT2D eigenvalue weighted by Gasteiger charge is 2.34. The van der Waals surface area contributed by atoms with Crippen LogP contribution in [0.5, 0.6) is 0 Å². The number of aromatic nitrogens is 2. The number of ether oxygens (including phenoxy) is 1. The maximum absolute atomic E-state index is 11.9. The van der Waals surface area contributed by atoms with E-state index in [1.807, 2.05) is 27.1 Å². The average molecular weight is 307 g/mol. The second-order valence-corrected chi connectivity index (χ2v) is 5.81. The maximum Gasteiger partial charge on any atom is 0.246 e. The fourth-order valence-corrected chi connectivity index (χ4v) is 2.79. The van der Waals surface area contributed by atoms with Crippen molar-refractivity contribution in [3.8, 4) is 0 Å². The molecule has 0 spiro atoms. The Balaban J connectivity index is 2.00. The van der Waals surface area contributed by atoms with E-state index < -0.39 is 0 Å². The number of nitrogens with one attached hydrogen (secondary N) is 1. The molecule has 1 aromatic rings. The van der Waals surface area contributed by atoms with Crippen molar-refractivity contribution in [1.82, 2.24) is 20.2 Å². The Hall–Kier alpha value is -1.73. The van der Waals surface area contributed by atoms with Crippen molar-refractivity contribution < 1.29 is 9.53 Å². The molecule has 22 heavy (non-hydrogen) atoms. The summed E-state index contributed by atoms with van der Waals surface area (Å²) in [5.41, 5.74) is 0. The third-order valence-corrected chi connectivity index (χ3v) is 3.71. The molecule has 122 valence electrons. The van der Waals surface area contributed by atoms with Crippen molar-refractivity contribution in [1.29, 1.82) is 0 Å². The summed E-state index contributed by atoms with van der Waals surface area (Å²) in [7, 11) is 4.10. The lowest BCUT2D eigenvalue weighted by Crippen LogP contribution is -2.44. The highest BCUT2D eigenvalue weighted by molar-refractivity contribution is 5.77. The van der Waals surface area contributed by atoms with Crippen molar-refractivity contribution >= 4 is 11.7 Å². The smallest absolute Gasteiger partial charge is 0.246 e. The summed E-state index contributed by atoms with van der Waals surface area (Å²) in [5.74, 6) is 1.20. The highest BCUT2D eigenvalue weighted by atomic mass is 16.5. The molecule has 1 aromatic heterocycles. The molecule has 2 atom stereocenters. The molecule has 0 aromatic carbocycles. The Labute approximate surface area is 131 Å². The summed E-state index contributed by atoms with van der Waals surface area (Å²) in [6.45, 7) is 5.10. The highest BCUT2D eigenvalue weighted by Crippen LogP contribution is 2.22. The molecule has 1 aliphatic rings. The summed E-state index contributed by atoms with van der Waals surface area (Å²) in [6.07, 6.45) is 3.29. The maximum atomic E-state index is 11.9. The fourth-order valence-electron chi connectivity index (χ4n) is 2.79. The molecule has 1 aliphatic heterocycles. The zero-order chi connectivity index (χ0) is 15.9. The minimum Gasteiger partial charge on any atom is -0.372 e. The van der Waals surface area contributed by atoms with Gasteiger partial charge < -0.3 is 19.9 Å². The van der Waals surface area contributed by atoms with Crippen molar-refractivity contribution in [3.63, 3.8) is 0 Å². The van der Waals surface area contributed by atoms with Crippen molar-refractivity contribution in [2.24, 2.45) is 5.92 Å². The summed E-state index contributed by atoms with van der Waals surface area (Å²) in [6, 6.07) is 2.00. The van der Waals surface area contributed by atoms with Crippen molar-refractivity contribution in [3.05, 3.63) is 18.6 Å². The molecule has 1 amide bonds. The zero-order valence-corrected chi connectivity index (χ0v) is 13.5. The molecular weight excluding hydrogens is 282 g/mol. The van der Waals surface area contributed by atoms with E-state index in [4.69, 9.17) is 4.74 Å². The first-order chi connectivity index (χ1) is 10.6.